The average Bonchev–Trinajstić information content (AvgIpc) is 3.47. The molecule has 10 nitrogen and oxygen atoms in total. The van der Waals surface area contributed by atoms with Crippen LogP contribution in [-0.4, -0.2) is 50.5 Å². The molecule has 0 saturated carbocycles. The molecule has 1 unspecified atom stereocenters. The topological polar surface area (TPSA) is 122 Å². The largest absolute Gasteiger partial charge is 0.494 e. The molecule has 1 aliphatic rings. The Hall–Kier alpha value is -5.18. The Morgan fingerprint density at radius 3 is 2.40 bits per heavy atom. The molecule has 0 bridgehead atoms. The molecule has 2 atom stereocenters. The van der Waals surface area contributed by atoms with Crippen LogP contribution in [0, 0.1) is 17.6 Å². The van der Waals surface area contributed by atoms with E-state index < -0.39 is 64.8 Å². The molecule has 5 rings (SSSR count). The van der Waals surface area contributed by atoms with Crippen LogP contribution in [0.4, 0.5) is 22.0 Å². The monoisotopic (exact) mass is 670 g/mol. The van der Waals surface area contributed by atoms with E-state index in [0.29, 0.717) is 24.6 Å². The standard InChI is InChI=1S/C33H31F5N6O4/c1-19-28(21-11-6-14-27(48-2)29(21)35)30(45)22(31(46)43(19)18-23-24(33(36,37)38)12-7-13-25(23)34)17-26(20-9-4-3-5-10-20)39-15-8-16-44-32(47)40-41-42-44/h3-7,9-14,22,26,39H,8,15-18H2,1-2H3,(H,40,42,47)/t22?,26-/m0/s1. The van der Waals surface area contributed by atoms with Crippen LogP contribution in [0.5, 0.6) is 5.75 Å². The zero-order valence-corrected chi connectivity index (χ0v) is 25.9. The molecule has 0 fully saturated rings. The molecule has 15 heteroatoms. The lowest BCUT2D eigenvalue weighted by atomic mass is 9.81. The van der Waals surface area contributed by atoms with Crippen LogP contribution in [0.15, 0.2) is 77.2 Å². The summed E-state index contributed by atoms with van der Waals surface area (Å²) in [6.07, 6.45) is -4.71. The Morgan fingerprint density at radius 1 is 1.00 bits per heavy atom. The number of alkyl halides is 3. The fraction of sp³-hybridized carbons (Fsp3) is 0.303. The fourth-order valence-corrected chi connectivity index (χ4v) is 5.82. The highest BCUT2D eigenvalue weighted by Crippen LogP contribution is 2.40. The van der Waals surface area contributed by atoms with E-state index in [0.717, 1.165) is 21.7 Å². The maximum Gasteiger partial charge on any atom is 0.416 e. The van der Waals surface area contributed by atoms with Crippen molar-refractivity contribution >= 4 is 17.3 Å². The summed E-state index contributed by atoms with van der Waals surface area (Å²) in [6.45, 7) is 0.965. The number of tetrazole rings is 1. The van der Waals surface area contributed by atoms with Crippen molar-refractivity contribution in [3.63, 3.8) is 0 Å². The van der Waals surface area contributed by atoms with Gasteiger partial charge in [-0.25, -0.2) is 18.7 Å². The zero-order valence-electron chi connectivity index (χ0n) is 25.9. The first kappa shape index (κ1) is 34.2. The van der Waals surface area contributed by atoms with Crippen LogP contribution < -0.4 is 15.7 Å². The number of halogens is 5. The van der Waals surface area contributed by atoms with Gasteiger partial charge in [0.05, 0.1) is 19.2 Å². The number of aromatic nitrogens is 4. The number of carbonyl (C=O) groups is 2. The van der Waals surface area contributed by atoms with E-state index in [4.69, 9.17) is 4.74 Å². The molecule has 0 aliphatic carbocycles. The van der Waals surface area contributed by atoms with Crippen LogP contribution in [0.1, 0.15) is 48.1 Å². The van der Waals surface area contributed by atoms with Crippen molar-refractivity contribution in [3.05, 3.63) is 117 Å². The van der Waals surface area contributed by atoms with Crippen LogP contribution in [0.3, 0.4) is 0 Å². The number of nitrogens with zero attached hydrogens (tertiary/aromatic N) is 4. The molecular weight excluding hydrogens is 639 g/mol. The third-order valence-corrected chi connectivity index (χ3v) is 8.23. The summed E-state index contributed by atoms with van der Waals surface area (Å²) in [7, 11) is 1.23. The number of aryl methyl sites for hydroxylation is 1. The fourth-order valence-electron chi connectivity index (χ4n) is 5.82. The lowest BCUT2D eigenvalue weighted by Crippen LogP contribution is -2.45. The first-order valence-corrected chi connectivity index (χ1v) is 14.9. The summed E-state index contributed by atoms with van der Waals surface area (Å²) in [5, 5.41) is 12.6. The number of nitrogens with one attached hydrogen (secondary N) is 2. The number of H-pyrrole nitrogens is 1. The Morgan fingerprint density at radius 2 is 1.73 bits per heavy atom. The number of rotatable bonds is 12. The number of hydrogen-bond donors (Lipinski definition) is 2. The predicted octanol–water partition coefficient (Wildman–Crippen LogP) is 5.04. The van der Waals surface area contributed by atoms with E-state index in [2.05, 4.69) is 20.8 Å². The van der Waals surface area contributed by atoms with Crippen molar-refractivity contribution in [1.82, 2.24) is 30.4 Å². The number of amides is 1. The molecule has 48 heavy (non-hydrogen) atoms. The highest BCUT2D eigenvalue weighted by atomic mass is 19.4. The molecule has 0 saturated heterocycles. The van der Waals surface area contributed by atoms with Crippen LogP contribution in [0.25, 0.3) is 5.57 Å². The van der Waals surface area contributed by atoms with Crippen molar-refractivity contribution in [2.75, 3.05) is 13.7 Å². The quantitative estimate of drug-likeness (QED) is 0.123. The number of hydrogen-bond acceptors (Lipinski definition) is 7. The Balaban J connectivity index is 1.55. The van der Waals surface area contributed by atoms with Crippen molar-refractivity contribution in [2.45, 2.75) is 45.1 Å². The van der Waals surface area contributed by atoms with Gasteiger partial charge in [0.25, 0.3) is 0 Å². The Kier molecular flexibility index (Phi) is 10.2. The van der Waals surface area contributed by atoms with Crippen LogP contribution in [0.2, 0.25) is 0 Å². The Bertz CT molecular complexity index is 1890. The number of benzene rings is 3. The number of Topliss-reactive ketones (excluding diaryl/α,β-unsaturated/α-hetero) is 1. The van der Waals surface area contributed by atoms with E-state index in [1.807, 2.05) is 0 Å². The molecule has 4 aromatic rings. The summed E-state index contributed by atoms with van der Waals surface area (Å²) < 4.78 is 78.9. The first-order valence-electron chi connectivity index (χ1n) is 14.9. The second-order valence-corrected chi connectivity index (χ2v) is 11.1. The number of methoxy groups -OCH3 is 1. The number of ketones is 1. The summed E-state index contributed by atoms with van der Waals surface area (Å²) in [5.41, 5.74) is -2.46. The van der Waals surface area contributed by atoms with Crippen molar-refractivity contribution in [3.8, 4) is 5.75 Å². The van der Waals surface area contributed by atoms with E-state index in [1.54, 1.807) is 30.3 Å². The maximum atomic E-state index is 15.7. The molecule has 1 aliphatic heterocycles. The van der Waals surface area contributed by atoms with Crippen LogP contribution in [-0.2, 0) is 28.9 Å². The molecular formula is C33H31F5N6O4. The maximum absolute atomic E-state index is 15.7. The first-order chi connectivity index (χ1) is 22.9. The van der Waals surface area contributed by atoms with Gasteiger partial charge in [0, 0.05) is 35.0 Å². The third kappa shape index (κ3) is 7.05. The highest BCUT2D eigenvalue weighted by molar-refractivity contribution is 6.30. The number of allylic oxidation sites excluding steroid dienone is 2. The van der Waals surface area contributed by atoms with E-state index in [-0.39, 0.29) is 35.5 Å². The molecule has 3 aromatic carbocycles. The number of ether oxygens (including phenoxy) is 1. The summed E-state index contributed by atoms with van der Waals surface area (Å²) in [4.78, 5) is 41.1. The van der Waals surface area contributed by atoms with Gasteiger partial charge in [-0.15, -0.1) is 0 Å². The lowest BCUT2D eigenvalue weighted by Gasteiger charge is -2.36. The van der Waals surface area contributed by atoms with Crippen molar-refractivity contribution in [1.29, 1.82) is 0 Å². The SMILES string of the molecule is COc1cccc(C2=C(C)N(Cc3c(F)cccc3C(F)(F)F)C(=O)C(C[C@H](NCCCn3nn[nH]c3=O)c3ccccc3)C2=O)c1F. The molecule has 2 heterocycles. The highest BCUT2D eigenvalue weighted by Gasteiger charge is 2.44. The number of carbonyl (C=O) groups excluding carboxylic acids is 2. The van der Waals surface area contributed by atoms with Gasteiger partial charge in [-0.3, -0.25) is 9.59 Å². The van der Waals surface area contributed by atoms with Gasteiger partial charge < -0.3 is 15.0 Å². The third-order valence-electron chi connectivity index (χ3n) is 8.23. The molecule has 0 radical (unpaired) electrons. The smallest absolute Gasteiger partial charge is 0.416 e. The summed E-state index contributed by atoms with van der Waals surface area (Å²) in [5.74, 6) is -5.39. The average molecular weight is 671 g/mol. The summed E-state index contributed by atoms with van der Waals surface area (Å²) >= 11 is 0. The summed E-state index contributed by atoms with van der Waals surface area (Å²) in [6, 6.07) is 14.7. The Labute approximate surface area is 271 Å². The van der Waals surface area contributed by atoms with Gasteiger partial charge in [0.1, 0.15) is 11.7 Å². The van der Waals surface area contributed by atoms with Crippen LogP contribution >= 0.6 is 0 Å². The van der Waals surface area contributed by atoms with Gasteiger partial charge >= 0.3 is 11.9 Å². The molecule has 1 aromatic heterocycles. The lowest BCUT2D eigenvalue weighted by molar-refractivity contribution is -0.143. The minimum absolute atomic E-state index is 0.132. The van der Waals surface area contributed by atoms with Gasteiger partial charge in [0.15, 0.2) is 17.3 Å². The molecule has 1 amide bonds. The van der Waals surface area contributed by atoms with E-state index in [1.165, 1.54) is 32.2 Å². The van der Waals surface area contributed by atoms with Gasteiger partial charge in [-0.2, -0.15) is 17.9 Å². The normalized spacial score (nSPS) is 16.1. The second kappa shape index (κ2) is 14.3. The van der Waals surface area contributed by atoms with Gasteiger partial charge in [-0.05, 0) is 60.5 Å². The minimum atomic E-state index is -4.94. The van der Waals surface area contributed by atoms with Gasteiger partial charge in [0.2, 0.25) is 5.91 Å². The van der Waals surface area contributed by atoms with Crippen molar-refractivity contribution in [2.24, 2.45) is 5.92 Å². The van der Waals surface area contributed by atoms with E-state index in [9.17, 15) is 27.6 Å². The second-order valence-electron chi connectivity index (χ2n) is 11.1. The predicted molar refractivity (Wildman–Crippen MR) is 163 cm³/mol. The van der Waals surface area contributed by atoms with Crippen molar-refractivity contribution < 1.29 is 36.3 Å². The zero-order chi connectivity index (χ0) is 34.6. The van der Waals surface area contributed by atoms with E-state index >= 15 is 8.78 Å². The molecule has 252 valence electrons. The molecule has 2 N–H and O–H groups in total. The van der Waals surface area contributed by atoms with Gasteiger partial charge in [-0.1, -0.05) is 48.5 Å². The molecule has 0 spiro atoms. The minimum Gasteiger partial charge on any atom is -0.494 e. The number of aromatic amines is 1.